The predicted octanol–water partition coefficient (Wildman–Crippen LogP) is 2.39. The lowest BCUT2D eigenvalue weighted by Gasteiger charge is -2.00. The van der Waals surface area contributed by atoms with E-state index in [9.17, 15) is 4.39 Å². The standard InChI is InChI=1S/C12H11FN2O/c1-8-2-3-10(13)9(6-8)11-7-15-4-5-16-12(15)14-11/h2-3,6-7H,4-5H2,1H3. The van der Waals surface area contributed by atoms with Gasteiger partial charge in [0, 0.05) is 11.8 Å². The first-order valence-corrected chi connectivity index (χ1v) is 5.20. The third kappa shape index (κ3) is 1.38. The van der Waals surface area contributed by atoms with Crippen LogP contribution in [0.15, 0.2) is 24.4 Å². The summed E-state index contributed by atoms with van der Waals surface area (Å²) in [6.45, 7) is 3.37. The summed E-state index contributed by atoms with van der Waals surface area (Å²) in [5.74, 6) is -0.248. The Kier molecular flexibility index (Phi) is 1.96. The molecule has 82 valence electrons. The Bertz CT molecular complexity index is 526. The summed E-state index contributed by atoms with van der Waals surface area (Å²) < 4.78 is 20.8. The zero-order valence-corrected chi connectivity index (χ0v) is 8.90. The molecule has 0 N–H and O–H groups in total. The fourth-order valence-corrected chi connectivity index (χ4v) is 1.87. The fraction of sp³-hybridized carbons (Fsp3) is 0.250. The molecule has 16 heavy (non-hydrogen) atoms. The van der Waals surface area contributed by atoms with Gasteiger partial charge in [-0.3, -0.25) is 4.57 Å². The molecule has 0 atom stereocenters. The molecule has 0 bridgehead atoms. The van der Waals surface area contributed by atoms with Gasteiger partial charge >= 0.3 is 0 Å². The molecule has 0 spiro atoms. The Morgan fingerprint density at radius 3 is 3.12 bits per heavy atom. The largest absolute Gasteiger partial charge is 0.463 e. The van der Waals surface area contributed by atoms with Crippen LogP contribution in [0.5, 0.6) is 6.01 Å². The van der Waals surface area contributed by atoms with Gasteiger partial charge in [-0.25, -0.2) is 4.39 Å². The van der Waals surface area contributed by atoms with Gasteiger partial charge in [0.1, 0.15) is 12.4 Å². The predicted molar refractivity (Wildman–Crippen MR) is 57.9 cm³/mol. The summed E-state index contributed by atoms with van der Waals surface area (Å²) in [7, 11) is 0. The van der Waals surface area contributed by atoms with E-state index in [1.165, 1.54) is 6.07 Å². The van der Waals surface area contributed by atoms with E-state index in [-0.39, 0.29) is 5.82 Å². The van der Waals surface area contributed by atoms with Crippen molar-refractivity contribution in [2.24, 2.45) is 0 Å². The van der Waals surface area contributed by atoms with Crippen LogP contribution in [0.3, 0.4) is 0 Å². The number of ether oxygens (including phenoxy) is 1. The Morgan fingerprint density at radius 2 is 2.31 bits per heavy atom. The van der Waals surface area contributed by atoms with Crippen molar-refractivity contribution in [1.29, 1.82) is 0 Å². The summed E-state index contributed by atoms with van der Waals surface area (Å²) >= 11 is 0. The van der Waals surface area contributed by atoms with Gasteiger partial charge in [-0.2, -0.15) is 4.98 Å². The molecule has 0 fully saturated rings. The van der Waals surface area contributed by atoms with Crippen molar-refractivity contribution in [1.82, 2.24) is 9.55 Å². The van der Waals surface area contributed by atoms with E-state index in [4.69, 9.17) is 4.74 Å². The first kappa shape index (κ1) is 9.39. The second-order valence-corrected chi connectivity index (χ2v) is 3.93. The quantitative estimate of drug-likeness (QED) is 0.734. The van der Waals surface area contributed by atoms with Crippen molar-refractivity contribution >= 4 is 0 Å². The van der Waals surface area contributed by atoms with Crippen molar-refractivity contribution in [3.63, 3.8) is 0 Å². The minimum absolute atomic E-state index is 0.248. The number of imidazole rings is 1. The van der Waals surface area contributed by atoms with Crippen LogP contribution >= 0.6 is 0 Å². The zero-order valence-electron chi connectivity index (χ0n) is 8.90. The van der Waals surface area contributed by atoms with Crippen LogP contribution in [-0.4, -0.2) is 16.2 Å². The maximum absolute atomic E-state index is 13.6. The van der Waals surface area contributed by atoms with Crippen LogP contribution in [0.25, 0.3) is 11.3 Å². The average Bonchev–Trinajstić information content (AvgIpc) is 2.81. The molecule has 2 aromatic rings. The van der Waals surface area contributed by atoms with E-state index in [1.807, 2.05) is 17.7 Å². The molecule has 0 saturated heterocycles. The first-order chi connectivity index (χ1) is 7.74. The van der Waals surface area contributed by atoms with Gasteiger partial charge in [0.15, 0.2) is 0 Å². The summed E-state index contributed by atoms with van der Waals surface area (Å²) in [6, 6.07) is 5.60. The van der Waals surface area contributed by atoms with E-state index in [0.717, 1.165) is 12.1 Å². The first-order valence-electron chi connectivity index (χ1n) is 5.20. The van der Waals surface area contributed by atoms with E-state index in [1.54, 1.807) is 12.1 Å². The Morgan fingerprint density at radius 1 is 1.44 bits per heavy atom. The van der Waals surface area contributed by atoms with Crippen LogP contribution < -0.4 is 4.74 Å². The fourth-order valence-electron chi connectivity index (χ4n) is 1.87. The highest BCUT2D eigenvalue weighted by Crippen LogP contribution is 2.27. The molecular formula is C12H11FN2O. The molecule has 0 saturated carbocycles. The number of benzene rings is 1. The van der Waals surface area contributed by atoms with Crippen molar-refractivity contribution in [3.8, 4) is 17.3 Å². The second kappa shape index (κ2) is 3.33. The third-order valence-corrected chi connectivity index (χ3v) is 2.70. The molecule has 1 aliphatic heterocycles. The lowest BCUT2D eigenvalue weighted by atomic mass is 10.1. The van der Waals surface area contributed by atoms with E-state index in [0.29, 0.717) is 23.9 Å². The minimum atomic E-state index is -0.248. The number of nitrogens with zero attached hydrogens (tertiary/aromatic N) is 2. The number of aryl methyl sites for hydroxylation is 1. The molecule has 3 nitrogen and oxygen atoms in total. The lowest BCUT2D eigenvalue weighted by molar-refractivity contribution is 0.345. The van der Waals surface area contributed by atoms with Crippen LogP contribution in [0.1, 0.15) is 5.56 Å². The van der Waals surface area contributed by atoms with E-state index < -0.39 is 0 Å². The monoisotopic (exact) mass is 218 g/mol. The number of hydrogen-bond donors (Lipinski definition) is 0. The summed E-state index contributed by atoms with van der Waals surface area (Å²) in [4.78, 5) is 4.26. The summed E-state index contributed by atoms with van der Waals surface area (Å²) in [5.41, 5.74) is 2.19. The van der Waals surface area contributed by atoms with Gasteiger partial charge in [0.2, 0.25) is 0 Å². The second-order valence-electron chi connectivity index (χ2n) is 3.93. The summed E-state index contributed by atoms with van der Waals surface area (Å²) in [5, 5.41) is 0. The van der Waals surface area contributed by atoms with E-state index >= 15 is 0 Å². The van der Waals surface area contributed by atoms with Crippen molar-refractivity contribution < 1.29 is 9.13 Å². The molecule has 1 aliphatic rings. The van der Waals surface area contributed by atoms with Gasteiger partial charge in [0.25, 0.3) is 6.01 Å². The highest BCUT2D eigenvalue weighted by Gasteiger charge is 2.17. The molecule has 2 heterocycles. The SMILES string of the molecule is Cc1ccc(F)c(-c2cn3c(n2)OCC3)c1. The number of hydrogen-bond acceptors (Lipinski definition) is 2. The van der Waals surface area contributed by atoms with Crippen LogP contribution in [0.4, 0.5) is 4.39 Å². The van der Waals surface area contributed by atoms with Crippen LogP contribution in [0.2, 0.25) is 0 Å². The average molecular weight is 218 g/mol. The Hall–Kier alpha value is -1.84. The molecule has 4 heteroatoms. The zero-order chi connectivity index (χ0) is 11.1. The lowest BCUT2D eigenvalue weighted by Crippen LogP contribution is -1.93. The topological polar surface area (TPSA) is 27.1 Å². The van der Waals surface area contributed by atoms with Gasteiger partial charge < -0.3 is 4.74 Å². The minimum Gasteiger partial charge on any atom is -0.463 e. The van der Waals surface area contributed by atoms with Gasteiger partial charge in [0.05, 0.1) is 12.2 Å². The molecule has 1 aromatic heterocycles. The molecule has 0 radical (unpaired) electrons. The van der Waals surface area contributed by atoms with Crippen LogP contribution in [0, 0.1) is 12.7 Å². The number of aromatic nitrogens is 2. The number of halogens is 1. The van der Waals surface area contributed by atoms with Gasteiger partial charge in [-0.1, -0.05) is 11.6 Å². The molecule has 0 aliphatic carbocycles. The molecule has 3 rings (SSSR count). The Labute approximate surface area is 92.5 Å². The summed E-state index contributed by atoms with van der Waals surface area (Å²) in [6.07, 6.45) is 1.83. The van der Waals surface area contributed by atoms with Crippen molar-refractivity contribution in [2.75, 3.05) is 6.61 Å². The third-order valence-electron chi connectivity index (χ3n) is 2.70. The number of fused-ring (bicyclic) bond motifs is 1. The molecule has 0 unspecified atom stereocenters. The van der Waals surface area contributed by atoms with Gasteiger partial charge in [-0.15, -0.1) is 0 Å². The van der Waals surface area contributed by atoms with E-state index in [2.05, 4.69) is 4.98 Å². The highest BCUT2D eigenvalue weighted by molar-refractivity contribution is 5.61. The Balaban J connectivity index is 2.11. The van der Waals surface area contributed by atoms with Crippen molar-refractivity contribution in [3.05, 3.63) is 35.8 Å². The normalized spacial score (nSPS) is 13.6. The van der Waals surface area contributed by atoms with Gasteiger partial charge in [-0.05, 0) is 19.1 Å². The van der Waals surface area contributed by atoms with Crippen LogP contribution in [-0.2, 0) is 6.54 Å². The molecule has 1 aromatic carbocycles. The maximum atomic E-state index is 13.6. The number of rotatable bonds is 1. The van der Waals surface area contributed by atoms with Crippen molar-refractivity contribution in [2.45, 2.75) is 13.5 Å². The molecular weight excluding hydrogens is 207 g/mol. The maximum Gasteiger partial charge on any atom is 0.297 e. The highest BCUT2D eigenvalue weighted by atomic mass is 19.1. The smallest absolute Gasteiger partial charge is 0.297 e. The molecule has 0 amide bonds.